The van der Waals surface area contributed by atoms with Crippen molar-refractivity contribution in [3.63, 3.8) is 0 Å². The van der Waals surface area contributed by atoms with Crippen molar-refractivity contribution in [1.29, 1.82) is 0 Å². The van der Waals surface area contributed by atoms with Gasteiger partial charge in [0.25, 0.3) is 0 Å². The van der Waals surface area contributed by atoms with Crippen LogP contribution in [0.1, 0.15) is 25.1 Å². The lowest BCUT2D eigenvalue weighted by Gasteiger charge is -2.07. The molecule has 0 unspecified atom stereocenters. The Bertz CT molecular complexity index is 563. The molecule has 21 heavy (non-hydrogen) atoms. The summed E-state index contributed by atoms with van der Waals surface area (Å²) in [4.78, 5) is 0. The van der Waals surface area contributed by atoms with Gasteiger partial charge in [0.15, 0.2) is 0 Å². The molecule has 0 aliphatic rings. The number of hydrogen-bond acceptors (Lipinski definition) is 3. The molecule has 0 amide bonds. The van der Waals surface area contributed by atoms with Gasteiger partial charge in [-0.05, 0) is 31.2 Å². The molecule has 114 valence electrons. The highest BCUT2D eigenvalue weighted by Crippen LogP contribution is 2.16. The van der Waals surface area contributed by atoms with E-state index in [4.69, 9.17) is 4.74 Å². The highest BCUT2D eigenvalue weighted by atomic mass is 79.9. The summed E-state index contributed by atoms with van der Waals surface area (Å²) in [6.07, 6.45) is 2.09. The first-order valence-electron chi connectivity index (χ1n) is 7.19. The first kappa shape index (κ1) is 16.0. The summed E-state index contributed by atoms with van der Waals surface area (Å²) in [5.74, 6) is 0.878. The van der Waals surface area contributed by atoms with Crippen molar-refractivity contribution in [2.45, 2.75) is 39.9 Å². The van der Waals surface area contributed by atoms with Crippen LogP contribution in [0.4, 0.5) is 0 Å². The summed E-state index contributed by atoms with van der Waals surface area (Å²) in [6.45, 7) is 8.55. The van der Waals surface area contributed by atoms with E-state index in [1.165, 1.54) is 5.56 Å². The molecule has 0 saturated heterocycles. The average Bonchev–Trinajstić information content (AvgIpc) is 2.79. The number of halogens is 1. The van der Waals surface area contributed by atoms with Crippen LogP contribution in [0.15, 0.2) is 34.9 Å². The molecule has 0 aliphatic carbocycles. The second-order valence-corrected chi connectivity index (χ2v) is 6.26. The molecule has 0 aliphatic heterocycles. The third kappa shape index (κ3) is 5.17. The molecule has 0 spiro atoms. The molecule has 0 bridgehead atoms. The molecule has 0 fully saturated rings. The molecule has 0 radical (unpaired) electrons. The second kappa shape index (κ2) is 7.61. The molecular formula is C16H22BrN3O. The van der Waals surface area contributed by atoms with Crippen LogP contribution in [0.2, 0.25) is 0 Å². The Morgan fingerprint density at radius 3 is 2.67 bits per heavy atom. The van der Waals surface area contributed by atoms with E-state index in [0.29, 0.717) is 12.6 Å². The van der Waals surface area contributed by atoms with Crippen molar-refractivity contribution in [3.05, 3.63) is 46.2 Å². The molecule has 5 heteroatoms. The van der Waals surface area contributed by atoms with Crippen molar-refractivity contribution in [2.75, 3.05) is 6.61 Å². The fraction of sp³-hybridized carbons (Fsp3) is 0.438. The molecule has 0 saturated carbocycles. The number of aryl methyl sites for hydroxylation is 1. The second-order valence-electron chi connectivity index (χ2n) is 5.34. The summed E-state index contributed by atoms with van der Waals surface area (Å²) in [5, 5.41) is 7.94. The van der Waals surface area contributed by atoms with Gasteiger partial charge in [0, 0.05) is 28.8 Å². The molecule has 1 aromatic heterocycles. The highest BCUT2D eigenvalue weighted by molar-refractivity contribution is 9.10. The number of nitrogens with zero attached hydrogens (tertiary/aromatic N) is 2. The van der Waals surface area contributed by atoms with Crippen LogP contribution in [0.3, 0.4) is 0 Å². The highest BCUT2D eigenvalue weighted by Gasteiger charge is 2.05. The van der Waals surface area contributed by atoms with Crippen molar-refractivity contribution < 1.29 is 4.74 Å². The molecule has 2 rings (SSSR count). The predicted molar refractivity (Wildman–Crippen MR) is 88.6 cm³/mol. The summed E-state index contributed by atoms with van der Waals surface area (Å²) in [7, 11) is 0. The first-order chi connectivity index (χ1) is 10.0. The molecular weight excluding hydrogens is 330 g/mol. The van der Waals surface area contributed by atoms with Crippen LogP contribution >= 0.6 is 15.9 Å². The quantitative estimate of drug-likeness (QED) is 0.829. The van der Waals surface area contributed by atoms with Gasteiger partial charge >= 0.3 is 0 Å². The molecule has 0 atom stereocenters. The largest absolute Gasteiger partial charge is 0.492 e. The fourth-order valence-corrected chi connectivity index (χ4v) is 2.21. The van der Waals surface area contributed by atoms with E-state index in [0.717, 1.165) is 29.0 Å². The van der Waals surface area contributed by atoms with Gasteiger partial charge in [0.05, 0.1) is 12.2 Å². The van der Waals surface area contributed by atoms with E-state index in [1.807, 2.05) is 35.9 Å². The van der Waals surface area contributed by atoms with Crippen LogP contribution in [-0.4, -0.2) is 22.4 Å². The Morgan fingerprint density at radius 2 is 2.00 bits per heavy atom. The minimum Gasteiger partial charge on any atom is -0.492 e. The average molecular weight is 352 g/mol. The number of benzene rings is 1. The molecule has 1 N–H and O–H groups in total. The standard InChI is InChI=1S/C16H22BrN3O/c1-12(2)18-10-14-11-20(19-13(14)3)8-9-21-16-6-4-15(17)5-7-16/h4-7,11-12,18H,8-10H2,1-3H3. The predicted octanol–water partition coefficient (Wildman–Crippen LogP) is 3.53. The fourth-order valence-electron chi connectivity index (χ4n) is 1.95. The Hall–Kier alpha value is -1.33. The van der Waals surface area contributed by atoms with Crippen molar-refractivity contribution in [2.24, 2.45) is 0 Å². The Kier molecular flexibility index (Phi) is 5.82. The Labute approximate surface area is 134 Å². The SMILES string of the molecule is Cc1nn(CCOc2ccc(Br)cc2)cc1CNC(C)C. The zero-order valence-corrected chi connectivity index (χ0v) is 14.4. The van der Waals surface area contributed by atoms with Crippen molar-refractivity contribution >= 4 is 15.9 Å². The molecule has 1 aromatic carbocycles. The molecule has 1 heterocycles. The summed E-state index contributed by atoms with van der Waals surface area (Å²) in [6, 6.07) is 8.34. The van der Waals surface area contributed by atoms with Gasteiger partial charge in [0.1, 0.15) is 12.4 Å². The zero-order valence-electron chi connectivity index (χ0n) is 12.8. The maximum absolute atomic E-state index is 5.71. The number of hydrogen-bond donors (Lipinski definition) is 1. The van der Waals surface area contributed by atoms with E-state index in [2.05, 4.69) is 46.4 Å². The van der Waals surface area contributed by atoms with Crippen LogP contribution < -0.4 is 10.1 Å². The molecule has 4 nitrogen and oxygen atoms in total. The Morgan fingerprint density at radius 1 is 1.29 bits per heavy atom. The van der Waals surface area contributed by atoms with Crippen LogP contribution in [-0.2, 0) is 13.1 Å². The first-order valence-corrected chi connectivity index (χ1v) is 7.98. The van der Waals surface area contributed by atoms with E-state index in [-0.39, 0.29) is 0 Å². The van der Waals surface area contributed by atoms with Gasteiger partial charge in [-0.25, -0.2) is 0 Å². The van der Waals surface area contributed by atoms with Crippen LogP contribution in [0.5, 0.6) is 5.75 Å². The van der Waals surface area contributed by atoms with Crippen LogP contribution in [0, 0.1) is 6.92 Å². The third-order valence-electron chi connectivity index (χ3n) is 3.15. The van der Waals surface area contributed by atoms with E-state index in [1.54, 1.807) is 0 Å². The van der Waals surface area contributed by atoms with Crippen molar-refractivity contribution in [1.82, 2.24) is 15.1 Å². The van der Waals surface area contributed by atoms with Gasteiger partial charge in [0.2, 0.25) is 0 Å². The van der Waals surface area contributed by atoms with Crippen molar-refractivity contribution in [3.8, 4) is 5.75 Å². The van der Waals surface area contributed by atoms with E-state index < -0.39 is 0 Å². The number of nitrogens with one attached hydrogen (secondary N) is 1. The number of aromatic nitrogens is 2. The summed E-state index contributed by atoms with van der Waals surface area (Å²) < 4.78 is 8.72. The Balaban J connectivity index is 1.83. The molecule has 2 aromatic rings. The van der Waals surface area contributed by atoms with Gasteiger partial charge < -0.3 is 10.1 Å². The minimum absolute atomic E-state index is 0.480. The maximum atomic E-state index is 5.71. The minimum atomic E-state index is 0.480. The smallest absolute Gasteiger partial charge is 0.119 e. The van der Waals surface area contributed by atoms with Gasteiger partial charge in [-0.2, -0.15) is 5.10 Å². The third-order valence-corrected chi connectivity index (χ3v) is 3.68. The van der Waals surface area contributed by atoms with Gasteiger partial charge in [-0.1, -0.05) is 29.8 Å². The maximum Gasteiger partial charge on any atom is 0.119 e. The topological polar surface area (TPSA) is 39.1 Å². The lowest BCUT2D eigenvalue weighted by Crippen LogP contribution is -2.21. The zero-order chi connectivity index (χ0) is 15.2. The summed E-state index contributed by atoms with van der Waals surface area (Å²) >= 11 is 3.41. The van der Waals surface area contributed by atoms with E-state index in [9.17, 15) is 0 Å². The lowest BCUT2D eigenvalue weighted by molar-refractivity contribution is 0.291. The number of ether oxygens (including phenoxy) is 1. The summed E-state index contributed by atoms with van der Waals surface area (Å²) in [5.41, 5.74) is 2.32. The van der Waals surface area contributed by atoms with Gasteiger partial charge in [-0.15, -0.1) is 0 Å². The normalized spacial score (nSPS) is 11.1. The van der Waals surface area contributed by atoms with E-state index >= 15 is 0 Å². The van der Waals surface area contributed by atoms with Crippen LogP contribution in [0.25, 0.3) is 0 Å². The lowest BCUT2D eigenvalue weighted by atomic mass is 10.2. The monoisotopic (exact) mass is 351 g/mol. The number of rotatable bonds is 7. The van der Waals surface area contributed by atoms with Gasteiger partial charge in [-0.3, -0.25) is 4.68 Å².